The Morgan fingerprint density at radius 1 is 0.809 bits per heavy atom. The highest BCUT2D eigenvalue weighted by Crippen LogP contribution is 2.64. The molecule has 5 saturated carbocycles. The van der Waals surface area contributed by atoms with Crippen LogP contribution in [0.25, 0.3) is 0 Å². The number of aryl methyl sites for hydroxylation is 1. The molecule has 0 amide bonds. The minimum atomic E-state index is -0.331. The van der Waals surface area contributed by atoms with E-state index >= 15 is 0 Å². The molecule has 0 saturated heterocycles. The summed E-state index contributed by atoms with van der Waals surface area (Å²) in [5.41, 5.74) is 3.27. The predicted molar refractivity (Wildman–Crippen MR) is 180 cm³/mol. The van der Waals surface area contributed by atoms with Crippen LogP contribution in [-0.4, -0.2) is 40.5 Å². The van der Waals surface area contributed by atoms with E-state index < -0.39 is 0 Å². The average Bonchev–Trinajstić information content (AvgIpc) is 3.52. The monoisotopic (exact) mass is 644 g/mol. The number of rotatable bonds is 4. The van der Waals surface area contributed by atoms with Crippen molar-refractivity contribution < 1.29 is 29.3 Å². The summed E-state index contributed by atoms with van der Waals surface area (Å²) in [4.78, 5) is 23.7. The zero-order chi connectivity index (χ0) is 33.3. The minimum Gasteiger partial charge on any atom is -0.507 e. The Morgan fingerprint density at radius 3 is 2.11 bits per heavy atom. The van der Waals surface area contributed by atoms with E-state index in [-0.39, 0.29) is 52.2 Å². The van der Waals surface area contributed by atoms with Crippen molar-refractivity contribution in [2.45, 2.75) is 149 Å². The number of aliphatic hydroxyl groups excluding tert-OH is 1. The lowest BCUT2D eigenvalue weighted by Gasteiger charge is -2.57. The number of esters is 2. The zero-order valence-corrected chi connectivity index (χ0v) is 29.3. The average molecular weight is 645 g/mol. The molecule has 6 aliphatic carbocycles. The van der Waals surface area contributed by atoms with Crippen LogP contribution in [0.1, 0.15) is 141 Å². The molecule has 2 N–H and O–H groups in total. The first-order valence-corrected chi connectivity index (χ1v) is 18.7. The molecule has 6 aliphatic rings. The maximum absolute atomic E-state index is 11.8. The summed E-state index contributed by atoms with van der Waals surface area (Å²) >= 11 is 0. The van der Waals surface area contributed by atoms with Gasteiger partial charge in [0.2, 0.25) is 0 Å². The number of phenols is 1. The van der Waals surface area contributed by atoms with Gasteiger partial charge in [0.25, 0.3) is 0 Å². The number of phenolic OH excluding ortho intramolecular Hbond substituents is 1. The Hall–Kier alpha value is -2.52. The van der Waals surface area contributed by atoms with E-state index in [4.69, 9.17) is 9.47 Å². The summed E-state index contributed by atoms with van der Waals surface area (Å²) < 4.78 is 11.7. The van der Waals surface area contributed by atoms with Crippen LogP contribution in [0.3, 0.4) is 0 Å². The first-order valence-electron chi connectivity index (χ1n) is 18.7. The maximum atomic E-state index is 11.8. The smallest absolute Gasteiger partial charge is 0.302 e. The van der Waals surface area contributed by atoms with Crippen molar-refractivity contribution in [2.24, 2.45) is 45.8 Å². The summed E-state index contributed by atoms with van der Waals surface area (Å²) in [6, 6.07) is 4.16. The van der Waals surface area contributed by atoms with E-state index in [0.717, 1.165) is 89.0 Å². The topological polar surface area (TPSA) is 93.1 Å². The van der Waals surface area contributed by atoms with Crippen LogP contribution in [0, 0.1) is 57.7 Å². The second-order valence-corrected chi connectivity index (χ2v) is 17.2. The lowest BCUT2D eigenvalue weighted by Crippen LogP contribution is -2.54. The fraction of sp³-hybridized carbons (Fsp3) is 0.756. The largest absolute Gasteiger partial charge is 0.507 e. The van der Waals surface area contributed by atoms with E-state index in [0.29, 0.717) is 41.9 Å². The molecule has 12 atom stereocenters. The van der Waals surface area contributed by atoms with Crippen LogP contribution in [0.2, 0.25) is 0 Å². The molecule has 47 heavy (non-hydrogen) atoms. The first-order chi connectivity index (χ1) is 22.3. The number of aliphatic hydroxyl groups is 1. The summed E-state index contributed by atoms with van der Waals surface area (Å²) in [7, 11) is 0. The quantitative estimate of drug-likeness (QED) is 0.256. The van der Waals surface area contributed by atoms with Crippen LogP contribution >= 0.6 is 0 Å². The van der Waals surface area contributed by atoms with E-state index in [2.05, 4.69) is 38.7 Å². The van der Waals surface area contributed by atoms with Gasteiger partial charge in [0.05, 0.1) is 11.7 Å². The van der Waals surface area contributed by atoms with Gasteiger partial charge >= 0.3 is 11.9 Å². The fourth-order valence-electron chi connectivity index (χ4n) is 12.7. The Bertz CT molecular complexity index is 1470. The van der Waals surface area contributed by atoms with Crippen LogP contribution in [0.4, 0.5) is 0 Å². The van der Waals surface area contributed by atoms with Crippen molar-refractivity contribution in [1.82, 2.24) is 0 Å². The molecule has 6 heteroatoms. The van der Waals surface area contributed by atoms with Crippen LogP contribution in [0.5, 0.6) is 5.75 Å². The van der Waals surface area contributed by atoms with Gasteiger partial charge in [-0.1, -0.05) is 32.6 Å². The molecule has 0 aliphatic heterocycles. The standard InChI is InChI=1S/C41H56O6/c1-24(42)46-37-15-12-32-29-10-9-26-23-35(44)27(22-31(26)28(29)17-20-40(32,37)4)8-6-7-19-39(3)34-18-21-41(5)33(30(34)11-14-36(39)45)13-16-38(41)47-25(2)43/h22-23,28-30,32-34,36-38,44-45H,7,9-21H2,1-5H3/t28?,29?,30?,32?,33?,34?,36-,37-,38-,39+,40-,41-/m0/s1. The van der Waals surface area contributed by atoms with E-state index in [9.17, 15) is 19.8 Å². The van der Waals surface area contributed by atoms with Gasteiger partial charge in [-0.2, -0.15) is 0 Å². The third kappa shape index (κ3) is 5.42. The Kier molecular flexibility index (Phi) is 8.51. The van der Waals surface area contributed by atoms with E-state index in [1.165, 1.54) is 25.0 Å². The van der Waals surface area contributed by atoms with Crippen LogP contribution < -0.4 is 0 Å². The van der Waals surface area contributed by atoms with Crippen molar-refractivity contribution in [3.8, 4) is 17.6 Å². The van der Waals surface area contributed by atoms with Gasteiger partial charge in [0.15, 0.2) is 0 Å². The van der Waals surface area contributed by atoms with Gasteiger partial charge in [-0.3, -0.25) is 9.59 Å². The zero-order valence-electron chi connectivity index (χ0n) is 29.3. The number of hydrogen-bond acceptors (Lipinski definition) is 6. The van der Waals surface area contributed by atoms with Gasteiger partial charge in [-0.15, -0.1) is 0 Å². The molecule has 1 aromatic carbocycles. The van der Waals surface area contributed by atoms with Crippen molar-refractivity contribution in [1.29, 1.82) is 0 Å². The fourth-order valence-corrected chi connectivity index (χ4v) is 12.7. The lowest BCUT2D eigenvalue weighted by molar-refractivity contribution is -0.163. The molecule has 6 unspecified atom stereocenters. The predicted octanol–water partition coefficient (Wildman–Crippen LogP) is 7.85. The van der Waals surface area contributed by atoms with Crippen molar-refractivity contribution >= 4 is 11.9 Å². The molecule has 1 aromatic rings. The Morgan fingerprint density at radius 2 is 1.45 bits per heavy atom. The summed E-state index contributed by atoms with van der Waals surface area (Å²) in [5, 5.41) is 22.4. The number of benzene rings is 1. The van der Waals surface area contributed by atoms with Crippen molar-refractivity contribution in [2.75, 3.05) is 0 Å². The van der Waals surface area contributed by atoms with Crippen molar-refractivity contribution in [3.05, 3.63) is 28.8 Å². The molecule has 0 bridgehead atoms. The molecule has 0 aromatic heterocycles. The number of fused-ring (bicyclic) bond motifs is 8. The van der Waals surface area contributed by atoms with Gasteiger partial charge in [-0.05, 0) is 148 Å². The molecule has 256 valence electrons. The van der Waals surface area contributed by atoms with Crippen LogP contribution in [-0.2, 0) is 25.5 Å². The first kappa shape index (κ1) is 33.0. The number of ether oxygens (including phenoxy) is 2. The molecular weight excluding hydrogens is 588 g/mol. The highest BCUT2D eigenvalue weighted by atomic mass is 16.5. The molecule has 5 fully saturated rings. The molecule has 0 heterocycles. The highest BCUT2D eigenvalue weighted by molar-refractivity contribution is 5.66. The molecule has 6 nitrogen and oxygen atoms in total. The van der Waals surface area contributed by atoms with E-state index in [1.807, 2.05) is 6.07 Å². The third-order valence-electron chi connectivity index (χ3n) is 15.1. The second-order valence-electron chi connectivity index (χ2n) is 17.2. The number of carbonyl (C=O) groups excluding carboxylic acids is 2. The van der Waals surface area contributed by atoms with Gasteiger partial charge in [0.1, 0.15) is 18.0 Å². The minimum absolute atomic E-state index is 0.0171. The second kappa shape index (κ2) is 12.1. The highest BCUT2D eigenvalue weighted by Gasteiger charge is 2.60. The number of aromatic hydroxyl groups is 1. The number of carbonyl (C=O) groups is 2. The van der Waals surface area contributed by atoms with Gasteiger partial charge in [0, 0.05) is 31.1 Å². The summed E-state index contributed by atoms with van der Waals surface area (Å²) in [6.45, 7) is 10.0. The van der Waals surface area contributed by atoms with Crippen LogP contribution in [0.15, 0.2) is 12.1 Å². The lowest BCUT2D eigenvalue weighted by atomic mass is 9.48. The SMILES string of the molecule is CC(=O)O[C@H]1CCC2C3CCc4cc(O)c(C#CCC[C@]5(C)C6CC[C@@]7(C)C(CC[C@@H]7OC(C)=O)C6CC[C@@H]5O)cc4C3CC[C@@]21C. The Labute approximate surface area is 281 Å². The molecule has 0 spiro atoms. The molecular formula is C41H56O6. The third-order valence-corrected chi connectivity index (χ3v) is 15.1. The normalized spacial score (nSPS) is 43.2. The summed E-state index contributed by atoms with van der Waals surface area (Å²) in [5.74, 6) is 9.89. The summed E-state index contributed by atoms with van der Waals surface area (Å²) in [6.07, 6.45) is 13.6. The maximum Gasteiger partial charge on any atom is 0.302 e. The van der Waals surface area contributed by atoms with Crippen molar-refractivity contribution in [3.63, 3.8) is 0 Å². The molecule has 7 rings (SSSR count). The number of hydrogen-bond donors (Lipinski definition) is 2. The van der Waals surface area contributed by atoms with Gasteiger partial charge in [-0.25, -0.2) is 0 Å². The van der Waals surface area contributed by atoms with Gasteiger partial charge < -0.3 is 19.7 Å². The molecule has 0 radical (unpaired) electrons. The Balaban J connectivity index is 1.05. The van der Waals surface area contributed by atoms with E-state index in [1.54, 1.807) is 0 Å².